The third kappa shape index (κ3) is 10.9. The van der Waals surface area contributed by atoms with E-state index in [1.54, 1.807) is 4.90 Å². The first-order chi connectivity index (χ1) is 23.9. The number of anilines is 1. The van der Waals surface area contributed by atoms with Gasteiger partial charge in [0.1, 0.15) is 6.61 Å². The summed E-state index contributed by atoms with van der Waals surface area (Å²) in [5.41, 5.74) is 3.34. The Balaban J connectivity index is 0.000000369. The second-order valence-corrected chi connectivity index (χ2v) is 13.0. The first kappa shape index (κ1) is 38.0. The Kier molecular flexibility index (Phi) is 13.5. The van der Waals surface area contributed by atoms with E-state index in [-0.39, 0.29) is 11.5 Å². The van der Waals surface area contributed by atoms with Gasteiger partial charge in [0.15, 0.2) is 5.60 Å². The number of piperidine rings is 1. The summed E-state index contributed by atoms with van der Waals surface area (Å²) in [5.74, 6) is -5.02. The Morgan fingerprint density at radius 3 is 2.00 bits per heavy atom. The summed E-state index contributed by atoms with van der Waals surface area (Å²) in [6.45, 7) is 7.65. The molecule has 1 fully saturated rings. The monoisotopic (exact) mass is 690 g/mol. The van der Waals surface area contributed by atoms with Crippen LogP contribution in [0, 0.1) is 5.41 Å². The first-order valence-electron chi connectivity index (χ1n) is 16.8. The molecule has 0 radical (unpaired) electrons. The Bertz CT molecular complexity index is 1570. The molecule has 3 aromatic carbocycles. The highest BCUT2D eigenvalue weighted by atomic mass is 16.6. The topological polar surface area (TPSA) is 174 Å². The second-order valence-electron chi connectivity index (χ2n) is 13.0. The van der Waals surface area contributed by atoms with E-state index in [4.69, 9.17) is 29.9 Å². The summed E-state index contributed by atoms with van der Waals surface area (Å²) in [7, 11) is 0. The van der Waals surface area contributed by atoms with Crippen molar-refractivity contribution < 1.29 is 49.1 Å². The molecule has 2 aliphatic rings. The number of carbonyl (C=O) groups is 4. The fraction of sp³-hybridized carbons (Fsp3) is 0.421. The average Bonchev–Trinajstić information content (AvgIpc) is 3.09. The molecule has 0 spiro atoms. The first-order valence-corrected chi connectivity index (χ1v) is 16.8. The highest BCUT2D eigenvalue weighted by Gasteiger charge is 2.41. The molecule has 0 bridgehead atoms. The number of fused-ring (bicyclic) bond motifs is 1. The number of cyclic esters (lactones) is 1. The van der Waals surface area contributed by atoms with Gasteiger partial charge < -0.3 is 29.9 Å². The van der Waals surface area contributed by atoms with Crippen LogP contribution in [0.5, 0.6) is 0 Å². The maximum absolute atomic E-state index is 12.5. The van der Waals surface area contributed by atoms with E-state index in [0.29, 0.717) is 13.2 Å². The summed E-state index contributed by atoms with van der Waals surface area (Å²) in [5, 5.41) is 33.8. The molecule has 1 saturated heterocycles. The number of rotatable bonds is 15. The zero-order valence-electron chi connectivity index (χ0n) is 28.3. The van der Waals surface area contributed by atoms with Crippen molar-refractivity contribution in [3.8, 4) is 0 Å². The summed E-state index contributed by atoms with van der Waals surface area (Å²) < 4.78 is 11.5. The van der Waals surface area contributed by atoms with Gasteiger partial charge in [-0.15, -0.1) is 0 Å². The van der Waals surface area contributed by atoms with Crippen molar-refractivity contribution in [2.45, 2.75) is 70.7 Å². The molecule has 2 heterocycles. The molecule has 1 amide bonds. The van der Waals surface area contributed by atoms with Crippen LogP contribution in [0.2, 0.25) is 0 Å². The number of ether oxygens (including phenoxy) is 2. The van der Waals surface area contributed by atoms with E-state index in [1.807, 2.05) is 30.3 Å². The predicted molar refractivity (Wildman–Crippen MR) is 185 cm³/mol. The fourth-order valence-electron chi connectivity index (χ4n) is 6.34. The van der Waals surface area contributed by atoms with E-state index in [9.17, 15) is 19.2 Å². The Morgan fingerprint density at radius 1 is 0.840 bits per heavy atom. The van der Waals surface area contributed by atoms with Crippen LogP contribution in [0.1, 0.15) is 61.3 Å². The lowest BCUT2D eigenvalue weighted by Gasteiger charge is -2.42. The zero-order chi connectivity index (χ0) is 36.1. The number of hydrogen-bond acceptors (Lipinski definition) is 8. The molecular formula is C38H46N2O10. The Morgan fingerprint density at radius 2 is 1.44 bits per heavy atom. The second kappa shape index (κ2) is 17.7. The summed E-state index contributed by atoms with van der Waals surface area (Å²) in [6.07, 6.45) is 2.04. The van der Waals surface area contributed by atoms with Gasteiger partial charge >= 0.3 is 24.0 Å². The lowest BCUT2D eigenvalue weighted by atomic mass is 9.74. The van der Waals surface area contributed by atoms with Gasteiger partial charge in [-0.05, 0) is 79.9 Å². The minimum absolute atomic E-state index is 0.254. The quantitative estimate of drug-likeness (QED) is 0.162. The molecule has 12 heteroatoms. The molecule has 0 atom stereocenters. The standard InChI is InChI=1S/C32H38N2O3.C6H8O7/c1-2-36-25-32(16-15-26-9-5-3-6-10-26)17-19-33(20-18-32)22-28-13-14-30-29(21-28)24-37-31(35)34(30)23-27-11-7-4-8-12-27;7-3(8)1-6(13,5(11)12)2-4(9)10/h3-14,21H,2,15-20,22-25H2,1H3;13H,1-2H2,(H,7,8)(H,9,10)(H,11,12). The van der Waals surface area contributed by atoms with E-state index in [0.717, 1.165) is 68.9 Å². The SMILES string of the molecule is CCOCC1(CCc2ccccc2)CCN(Cc2ccc3c(c2)COC(=O)N3Cc2ccccc2)CC1.O=C(O)CC(O)(CC(=O)O)C(=O)O. The summed E-state index contributed by atoms with van der Waals surface area (Å²) in [4.78, 5) is 47.3. The Hall–Kier alpha value is -4.78. The molecule has 3 aromatic rings. The predicted octanol–water partition coefficient (Wildman–Crippen LogP) is 5.35. The average molecular weight is 691 g/mol. The van der Waals surface area contributed by atoms with Gasteiger partial charge in [-0.1, -0.05) is 66.7 Å². The van der Waals surface area contributed by atoms with Gasteiger partial charge in [0.05, 0.1) is 31.7 Å². The number of carbonyl (C=O) groups excluding carboxylic acids is 1. The fourth-order valence-corrected chi connectivity index (χ4v) is 6.34. The molecule has 4 N–H and O–H groups in total. The molecule has 12 nitrogen and oxygen atoms in total. The van der Waals surface area contributed by atoms with Gasteiger partial charge in [-0.2, -0.15) is 0 Å². The third-order valence-corrected chi connectivity index (χ3v) is 9.20. The number of aliphatic carboxylic acids is 3. The minimum Gasteiger partial charge on any atom is -0.481 e. The summed E-state index contributed by atoms with van der Waals surface area (Å²) in [6, 6.07) is 27.4. The number of benzene rings is 3. The van der Waals surface area contributed by atoms with Crippen LogP contribution in [0.4, 0.5) is 10.5 Å². The molecule has 0 aromatic heterocycles. The maximum atomic E-state index is 12.5. The number of nitrogens with zero attached hydrogens (tertiary/aromatic N) is 2. The Labute approximate surface area is 291 Å². The van der Waals surface area contributed by atoms with Crippen molar-refractivity contribution in [3.05, 3.63) is 101 Å². The molecule has 0 aliphatic carbocycles. The van der Waals surface area contributed by atoms with E-state index >= 15 is 0 Å². The van der Waals surface area contributed by atoms with Crippen LogP contribution in [-0.4, -0.2) is 81.2 Å². The van der Waals surface area contributed by atoms with Crippen molar-refractivity contribution in [2.75, 3.05) is 31.2 Å². The van der Waals surface area contributed by atoms with Gasteiger partial charge in [-0.3, -0.25) is 19.4 Å². The normalized spacial score (nSPS) is 15.6. The smallest absolute Gasteiger partial charge is 0.414 e. The van der Waals surface area contributed by atoms with Crippen molar-refractivity contribution in [3.63, 3.8) is 0 Å². The third-order valence-electron chi connectivity index (χ3n) is 9.20. The van der Waals surface area contributed by atoms with E-state index in [2.05, 4.69) is 60.4 Å². The van der Waals surface area contributed by atoms with Crippen LogP contribution in [0.15, 0.2) is 78.9 Å². The van der Waals surface area contributed by atoms with Crippen LogP contribution < -0.4 is 4.90 Å². The van der Waals surface area contributed by atoms with Gasteiger partial charge in [0, 0.05) is 18.7 Å². The highest BCUT2D eigenvalue weighted by molar-refractivity contribution is 5.90. The highest BCUT2D eigenvalue weighted by Crippen LogP contribution is 2.38. The molecule has 268 valence electrons. The zero-order valence-corrected chi connectivity index (χ0v) is 28.3. The summed E-state index contributed by atoms with van der Waals surface area (Å²) >= 11 is 0. The van der Waals surface area contributed by atoms with Gasteiger partial charge in [0.25, 0.3) is 0 Å². The number of aryl methyl sites for hydroxylation is 1. The van der Waals surface area contributed by atoms with Crippen LogP contribution >= 0.6 is 0 Å². The molecule has 5 rings (SSSR count). The van der Waals surface area contributed by atoms with Crippen LogP contribution in [-0.2, 0) is 50.0 Å². The molecular weight excluding hydrogens is 644 g/mol. The lowest BCUT2D eigenvalue weighted by molar-refractivity contribution is -0.170. The van der Waals surface area contributed by atoms with E-state index in [1.165, 1.54) is 17.5 Å². The van der Waals surface area contributed by atoms with Crippen molar-refractivity contribution >= 4 is 29.7 Å². The molecule has 0 saturated carbocycles. The number of amides is 1. The molecule has 0 unspecified atom stereocenters. The lowest BCUT2D eigenvalue weighted by Crippen LogP contribution is -2.42. The number of hydrogen-bond donors (Lipinski definition) is 4. The van der Waals surface area contributed by atoms with Crippen LogP contribution in [0.3, 0.4) is 0 Å². The largest absolute Gasteiger partial charge is 0.481 e. The van der Waals surface area contributed by atoms with E-state index < -0.39 is 36.4 Å². The number of likely N-dealkylation sites (tertiary alicyclic amines) is 1. The number of carboxylic acid groups (broad SMARTS) is 3. The number of carboxylic acids is 3. The van der Waals surface area contributed by atoms with Gasteiger partial charge in [0.2, 0.25) is 0 Å². The molecule has 50 heavy (non-hydrogen) atoms. The van der Waals surface area contributed by atoms with Crippen molar-refractivity contribution in [2.24, 2.45) is 5.41 Å². The molecule has 2 aliphatic heterocycles. The van der Waals surface area contributed by atoms with Crippen molar-refractivity contribution in [1.29, 1.82) is 0 Å². The van der Waals surface area contributed by atoms with Crippen LogP contribution in [0.25, 0.3) is 0 Å². The number of aliphatic hydroxyl groups is 1. The maximum Gasteiger partial charge on any atom is 0.414 e. The van der Waals surface area contributed by atoms with Gasteiger partial charge in [-0.25, -0.2) is 9.59 Å². The van der Waals surface area contributed by atoms with Crippen molar-refractivity contribution in [1.82, 2.24) is 4.90 Å². The minimum atomic E-state index is -2.74.